The Bertz CT molecular complexity index is 793. The molecule has 0 aliphatic carbocycles. The number of carbonyl (C=O) groups is 2. The summed E-state index contributed by atoms with van der Waals surface area (Å²) in [7, 11) is 0. The van der Waals surface area contributed by atoms with E-state index in [1.165, 1.54) is 10.4 Å². The van der Waals surface area contributed by atoms with E-state index in [2.05, 4.69) is 5.43 Å². The monoisotopic (exact) mass is 328 g/mol. The molecule has 2 heterocycles. The second-order valence-electron chi connectivity index (χ2n) is 4.27. The van der Waals surface area contributed by atoms with Crippen molar-refractivity contribution in [3.05, 3.63) is 51.1 Å². The van der Waals surface area contributed by atoms with Crippen molar-refractivity contribution in [2.45, 2.75) is 0 Å². The Hall–Kier alpha value is -2.50. The minimum Gasteiger partial charge on any atom is -0.292 e. The Morgan fingerprint density at radius 2 is 1.95 bits per heavy atom. The Kier molecular flexibility index (Phi) is 3.75. The van der Waals surface area contributed by atoms with Crippen LogP contribution in [0.2, 0.25) is 0 Å². The molecule has 22 heavy (non-hydrogen) atoms. The lowest BCUT2D eigenvalue weighted by atomic mass is 10.2. The Labute approximate surface area is 134 Å². The lowest BCUT2D eigenvalue weighted by molar-refractivity contribution is -0.117. The molecule has 0 aromatic heterocycles. The zero-order valence-electron chi connectivity index (χ0n) is 11.0. The number of amides is 2. The van der Waals surface area contributed by atoms with Crippen molar-refractivity contribution in [1.29, 1.82) is 10.7 Å². The quantitative estimate of drug-likeness (QED) is 0.608. The van der Waals surface area contributed by atoms with Crippen LogP contribution in [0.4, 0.5) is 5.69 Å². The highest BCUT2D eigenvalue weighted by Gasteiger charge is 2.38. The number of nitrogens with zero attached hydrogens (tertiary/aromatic N) is 2. The van der Waals surface area contributed by atoms with Crippen LogP contribution in [0.1, 0.15) is 0 Å². The number of carbonyl (C=O) groups excluding carboxylic acids is 2. The average molecular weight is 328 g/mol. The third kappa shape index (κ3) is 2.41. The number of anilines is 1. The van der Waals surface area contributed by atoms with Gasteiger partial charge in [0.15, 0.2) is 0 Å². The van der Waals surface area contributed by atoms with Gasteiger partial charge in [-0.1, -0.05) is 41.7 Å². The van der Waals surface area contributed by atoms with Gasteiger partial charge in [0.2, 0.25) is 0 Å². The van der Waals surface area contributed by atoms with E-state index in [9.17, 15) is 9.59 Å². The minimum atomic E-state index is -0.509. The largest absolute Gasteiger partial charge is 0.292 e. The van der Waals surface area contributed by atoms with Gasteiger partial charge in [0.25, 0.3) is 11.8 Å². The summed E-state index contributed by atoms with van der Waals surface area (Å²) in [5, 5.41) is 19.3. The fraction of sp³-hybridized carbons (Fsp3) is 0. The highest BCUT2D eigenvalue weighted by atomic mass is 32.2. The number of benzene rings is 1. The number of hydrogen-bond acceptors (Lipinski definition) is 6. The van der Waals surface area contributed by atoms with E-state index in [0.29, 0.717) is 9.92 Å². The van der Waals surface area contributed by atoms with Gasteiger partial charge in [-0.15, -0.1) is 0 Å². The molecular formula is C14H8N4O2S2. The molecule has 1 aromatic carbocycles. The van der Waals surface area contributed by atoms with Crippen molar-refractivity contribution in [2.24, 2.45) is 0 Å². The molecule has 108 valence electrons. The van der Waals surface area contributed by atoms with Crippen LogP contribution in [-0.4, -0.2) is 16.9 Å². The van der Waals surface area contributed by atoms with E-state index in [-0.39, 0.29) is 16.2 Å². The zero-order chi connectivity index (χ0) is 15.7. The van der Waals surface area contributed by atoms with E-state index >= 15 is 0 Å². The maximum Gasteiger partial charge on any atom is 0.284 e. The first-order chi connectivity index (χ1) is 10.6. The van der Waals surface area contributed by atoms with Gasteiger partial charge >= 0.3 is 0 Å². The van der Waals surface area contributed by atoms with Crippen molar-refractivity contribution in [1.82, 2.24) is 5.43 Å². The number of para-hydroxylation sites is 1. The van der Waals surface area contributed by atoms with Gasteiger partial charge in [0.1, 0.15) is 16.7 Å². The number of rotatable bonds is 1. The Morgan fingerprint density at radius 3 is 2.59 bits per heavy atom. The number of nitriles is 1. The lowest BCUT2D eigenvalue weighted by Crippen LogP contribution is -2.35. The smallest absolute Gasteiger partial charge is 0.284 e. The topological polar surface area (TPSA) is 97.1 Å². The fourth-order valence-corrected chi connectivity index (χ4v) is 3.92. The van der Waals surface area contributed by atoms with E-state index in [4.69, 9.17) is 10.7 Å². The summed E-state index contributed by atoms with van der Waals surface area (Å²) in [6.45, 7) is 0. The fourth-order valence-electron chi connectivity index (χ4n) is 1.88. The summed E-state index contributed by atoms with van der Waals surface area (Å²) in [6, 6.07) is 10.7. The Morgan fingerprint density at radius 1 is 1.23 bits per heavy atom. The predicted octanol–water partition coefficient (Wildman–Crippen LogP) is 2.14. The van der Waals surface area contributed by atoms with Gasteiger partial charge in [0, 0.05) is 0 Å². The highest BCUT2D eigenvalue weighted by molar-refractivity contribution is 8.31. The molecule has 8 heteroatoms. The summed E-state index contributed by atoms with van der Waals surface area (Å²) >= 11 is 2.06. The molecule has 6 nitrogen and oxygen atoms in total. The van der Waals surface area contributed by atoms with Crippen molar-refractivity contribution >= 4 is 46.1 Å². The summed E-state index contributed by atoms with van der Waals surface area (Å²) in [5.74, 6) is -0.974. The van der Waals surface area contributed by atoms with Crippen molar-refractivity contribution in [3.63, 3.8) is 0 Å². The summed E-state index contributed by atoms with van der Waals surface area (Å²) < 4.78 is 0.407. The average Bonchev–Trinajstić information content (AvgIpc) is 2.83. The first kappa shape index (κ1) is 14.4. The molecule has 1 saturated heterocycles. The molecule has 0 spiro atoms. The number of nitrogens with one attached hydrogen (secondary N) is 2. The van der Waals surface area contributed by atoms with Crippen LogP contribution >= 0.6 is 23.5 Å². The number of hydrogen-bond donors (Lipinski definition) is 2. The third-order valence-corrected chi connectivity index (χ3v) is 5.04. The van der Waals surface area contributed by atoms with Crippen LogP contribution in [-0.2, 0) is 9.59 Å². The van der Waals surface area contributed by atoms with Crippen LogP contribution in [0.15, 0.2) is 51.1 Å². The SMILES string of the molecule is N#CC1=CSC(=C2C(=O)NN(c3ccccc3)C2=O)SC1=N. The van der Waals surface area contributed by atoms with Gasteiger partial charge in [-0.25, -0.2) is 5.01 Å². The normalized spacial score (nSPS) is 21.5. The molecule has 0 atom stereocenters. The van der Waals surface area contributed by atoms with Gasteiger partial charge in [-0.2, -0.15) is 5.26 Å². The van der Waals surface area contributed by atoms with Crippen LogP contribution in [0, 0.1) is 16.7 Å². The maximum absolute atomic E-state index is 12.5. The lowest BCUT2D eigenvalue weighted by Gasteiger charge is -2.14. The van der Waals surface area contributed by atoms with Crippen LogP contribution in [0.5, 0.6) is 0 Å². The second-order valence-corrected chi connectivity index (χ2v) is 6.43. The van der Waals surface area contributed by atoms with Crippen molar-refractivity contribution in [3.8, 4) is 6.07 Å². The molecule has 1 fully saturated rings. The highest BCUT2D eigenvalue weighted by Crippen LogP contribution is 2.41. The molecule has 0 unspecified atom stereocenters. The standard InChI is InChI=1S/C14H8N4O2S2/c15-6-8-7-21-14(22-11(8)16)10-12(19)17-18(13(10)20)9-4-2-1-3-5-9/h1-5,7,16H,(H,17,19). The molecule has 2 N–H and O–H groups in total. The van der Waals surface area contributed by atoms with E-state index in [1.54, 1.807) is 24.3 Å². The van der Waals surface area contributed by atoms with Crippen LogP contribution < -0.4 is 10.4 Å². The Balaban J connectivity index is 1.97. The first-order valence-electron chi connectivity index (χ1n) is 6.10. The van der Waals surface area contributed by atoms with Crippen molar-refractivity contribution in [2.75, 3.05) is 5.01 Å². The summed E-state index contributed by atoms with van der Waals surface area (Å²) in [5.41, 5.74) is 3.30. The van der Waals surface area contributed by atoms with Gasteiger partial charge in [-0.05, 0) is 17.5 Å². The van der Waals surface area contributed by atoms with Gasteiger partial charge in [-0.3, -0.25) is 20.4 Å². The molecule has 0 radical (unpaired) electrons. The predicted molar refractivity (Wildman–Crippen MR) is 85.7 cm³/mol. The number of thioether (sulfide) groups is 2. The molecule has 2 aliphatic heterocycles. The van der Waals surface area contributed by atoms with Crippen LogP contribution in [0.3, 0.4) is 0 Å². The molecule has 1 aromatic rings. The molecule has 2 aliphatic rings. The number of hydrazine groups is 1. The molecule has 3 rings (SSSR count). The minimum absolute atomic E-state index is 0.00292. The van der Waals surface area contributed by atoms with E-state index < -0.39 is 11.8 Å². The first-order valence-corrected chi connectivity index (χ1v) is 7.80. The van der Waals surface area contributed by atoms with E-state index in [1.807, 2.05) is 12.1 Å². The van der Waals surface area contributed by atoms with Gasteiger partial charge < -0.3 is 0 Å². The molecular weight excluding hydrogens is 320 g/mol. The second kappa shape index (κ2) is 5.71. The molecule has 0 saturated carbocycles. The molecule has 2 amide bonds. The van der Waals surface area contributed by atoms with Crippen LogP contribution in [0.25, 0.3) is 0 Å². The molecule has 0 bridgehead atoms. The summed E-state index contributed by atoms with van der Waals surface area (Å²) in [6.07, 6.45) is 0. The summed E-state index contributed by atoms with van der Waals surface area (Å²) in [4.78, 5) is 24.6. The zero-order valence-corrected chi connectivity index (χ0v) is 12.6. The van der Waals surface area contributed by atoms with Crippen molar-refractivity contribution < 1.29 is 9.59 Å². The van der Waals surface area contributed by atoms with Gasteiger partial charge in [0.05, 0.1) is 15.5 Å². The van der Waals surface area contributed by atoms with E-state index in [0.717, 1.165) is 23.5 Å². The maximum atomic E-state index is 12.5. The third-order valence-electron chi connectivity index (χ3n) is 2.92.